The molecule has 2 unspecified atom stereocenters. The summed E-state index contributed by atoms with van der Waals surface area (Å²) in [5.41, 5.74) is 0. The molecule has 0 saturated heterocycles. The highest BCUT2D eigenvalue weighted by Crippen LogP contribution is 2.16. The van der Waals surface area contributed by atoms with Crippen molar-refractivity contribution in [2.24, 2.45) is 0 Å². The Morgan fingerprint density at radius 1 is 1.08 bits per heavy atom. The molecule has 0 rings (SSSR count). The summed E-state index contributed by atoms with van der Waals surface area (Å²) in [4.78, 5) is 8.50. The highest BCUT2D eigenvalue weighted by atomic mass is 31.1. The van der Waals surface area contributed by atoms with Gasteiger partial charge < -0.3 is 4.89 Å². The molecule has 0 heterocycles. The monoisotopic (exact) mass is 212 g/mol. The van der Waals surface area contributed by atoms with E-state index >= 15 is 0 Å². The summed E-state index contributed by atoms with van der Waals surface area (Å²) in [5, 5.41) is 0. The first kappa shape index (κ1) is 15.1. The van der Waals surface area contributed by atoms with Gasteiger partial charge in [0.05, 0.1) is 0 Å². The molecule has 2 atom stereocenters. The van der Waals surface area contributed by atoms with Crippen LogP contribution in [0.15, 0.2) is 0 Å². The van der Waals surface area contributed by atoms with Crippen molar-refractivity contribution in [1.82, 2.24) is 0 Å². The summed E-state index contributed by atoms with van der Waals surface area (Å²) in [6.45, 7) is 2.19. The Labute approximate surface area is 79.6 Å². The standard InChI is InChI=1S/C8H19O2P.H3P/c1-2-3-4-5-6-7-8-11(9)10;/h11H,2-8H2,1H3,(H,9,10);1H3. The molecule has 1 N–H and O–H groups in total. The van der Waals surface area contributed by atoms with Gasteiger partial charge in [0.15, 0.2) is 8.03 Å². The fourth-order valence-corrected chi connectivity index (χ4v) is 1.61. The van der Waals surface area contributed by atoms with E-state index < -0.39 is 8.03 Å². The van der Waals surface area contributed by atoms with E-state index in [-0.39, 0.29) is 9.90 Å². The molecule has 0 spiro atoms. The lowest BCUT2D eigenvalue weighted by molar-refractivity contribution is 0.498. The maximum absolute atomic E-state index is 10.3. The summed E-state index contributed by atoms with van der Waals surface area (Å²) in [5.74, 6) is 0. The minimum Gasteiger partial charge on any atom is -0.346 e. The maximum atomic E-state index is 10.3. The highest BCUT2D eigenvalue weighted by molar-refractivity contribution is 7.37. The van der Waals surface area contributed by atoms with E-state index in [0.29, 0.717) is 6.16 Å². The molecular weight excluding hydrogens is 190 g/mol. The van der Waals surface area contributed by atoms with Crippen LogP contribution in [-0.4, -0.2) is 11.1 Å². The molecule has 2 nitrogen and oxygen atoms in total. The van der Waals surface area contributed by atoms with Crippen molar-refractivity contribution in [3.05, 3.63) is 0 Å². The molecule has 0 aromatic carbocycles. The molecule has 4 heteroatoms. The number of unbranched alkanes of at least 4 members (excludes halogenated alkanes) is 5. The third-order valence-corrected chi connectivity index (χ3v) is 2.53. The average molecular weight is 212 g/mol. The highest BCUT2D eigenvalue weighted by Gasteiger charge is 1.92. The van der Waals surface area contributed by atoms with E-state index in [4.69, 9.17) is 4.89 Å². The van der Waals surface area contributed by atoms with Gasteiger partial charge in [0, 0.05) is 6.16 Å². The summed E-state index contributed by atoms with van der Waals surface area (Å²) < 4.78 is 10.3. The lowest BCUT2D eigenvalue weighted by Crippen LogP contribution is -1.81. The van der Waals surface area contributed by atoms with Crippen molar-refractivity contribution in [2.45, 2.75) is 45.4 Å². The Kier molecular flexibility index (Phi) is 14.6. The van der Waals surface area contributed by atoms with Crippen molar-refractivity contribution in [3.63, 3.8) is 0 Å². The fraction of sp³-hybridized carbons (Fsp3) is 1.00. The molecular formula is C8H22O2P2. The minimum atomic E-state index is -2.18. The SMILES string of the molecule is CCCCCCCC[PH](=O)O.P. The maximum Gasteiger partial charge on any atom is 0.189 e. The van der Waals surface area contributed by atoms with Gasteiger partial charge in [0.1, 0.15) is 0 Å². The van der Waals surface area contributed by atoms with Crippen LogP contribution in [0.5, 0.6) is 0 Å². The van der Waals surface area contributed by atoms with Gasteiger partial charge in [-0.3, -0.25) is 4.57 Å². The predicted octanol–water partition coefficient (Wildman–Crippen LogP) is 2.87. The molecule has 76 valence electrons. The number of hydrogen-bond donors (Lipinski definition) is 1. The van der Waals surface area contributed by atoms with Gasteiger partial charge in [-0.15, -0.1) is 0 Å². The Morgan fingerprint density at radius 3 is 2.08 bits per heavy atom. The van der Waals surface area contributed by atoms with E-state index in [1.165, 1.54) is 25.7 Å². The van der Waals surface area contributed by atoms with Crippen LogP contribution >= 0.6 is 17.9 Å². The summed E-state index contributed by atoms with van der Waals surface area (Å²) in [6.07, 6.45) is 7.64. The first-order valence-electron chi connectivity index (χ1n) is 4.49. The molecule has 0 aromatic heterocycles. The molecule has 0 radical (unpaired) electrons. The quantitative estimate of drug-likeness (QED) is 0.520. The van der Waals surface area contributed by atoms with Gasteiger partial charge in [-0.25, -0.2) is 0 Å². The zero-order valence-electron chi connectivity index (χ0n) is 8.01. The Balaban J connectivity index is 0. The second-order valence-corrected chi connectivity index (χ2v) is 4.20. The van der Waals surface area contributed by atoms with Crippen LogP contribution in [0.25, 0.3) is 0 Å². The molecule has 0 amide bonds. The van der Waals surface area contributed by atoms with Crippen LogP contribution in [0.4, 0.5) is 0 Å². The number of rotatable bonds is 7. The normalized spacial score (nSPS) is 12.2. The second-order valence-electron chi connectivity index (χ2n) is 2.91. The zero-order valence-corrected chi connectivity index (χ0v) is 10.4. The number of hydrogen-bond acceptors (Lipinski definition) is 1. The van der Waals surface area contributed by atoms with Gasteiger partial charge in [0.25, 0.3) is 0 Å². The Bertz CT molecular complexity index is 107. The first-order chi connectivity index (χ1) is 5.27. The molecule has 0 fully saturated rings. The second kappa shape index (κ2) is 11.6. The van der Waals surface area contributed by atoms with E-state index in [9.17, 15) is 4.57 Å². The van der Waals surface area contributed by atoms with Gasteiger partial charge in [-0.1, -0.05) is 39.0 Å². The Morgan fingerprint density at radius 2 is 1.58 bits per heavy atom. The van der Waals surface area contributed by atoms with Crippen molar-refractivity contribution < 1.29 is 9.46 Å². The predicted molar refractivity (Wildman–Crippen MR) is 60.6 cm³/mol. The van der Waals surface area contributed by atoms with Crippen molar-refractivity contribution in [2.75, 3.05) is 6.16 Å². The van der Waals surface area contributed by atoms with Crippen molar-refractivity contribution >= 4 is 17.9 Å². The van der Waals surface area contributed by atoms with E-state index in [1.807, 2.05) is 0 Å². The van der Waals surface area contributed by atoms with Crippen LogP contribution in [0, 0.1) is 0 Å². The molecule has 0 bridgehead atoms. The molecule has 0 aliphatic carbocycles. The summed E-state index contributed by atoms with van der Waals surface area (Å²) >= 11 is 0. The van der Waals surface area contributed by atoms with Crippen LogP contribution in [0.2, 0.25) is 0 Å². The molecule has 12 heavy (non-hydrogen) atoms. The zero-order chi connectivity index (χ0) is 8.53. The molecule has 0 aliphatic rings. The first-order valence-corrected chi connectivity index (χ1v) is 6.05. The lowest BCUT2D eigenvalue weighted by Gasteiger charge is -1.97. The van der Waals surface area contributed by atoms with Crippen LogP contribution < -0.4 is 0 Å². The van der Waals surface area contributed by atoms with Gasteiger partial charge in [-0.2, -0.15) is 9.90 Å². The van der Waals surface area contributed by atoms with Gasteiger partial charge in [-0.05, 0) is 6.42 Å². The topological polar surface area (TPSA) is 37.3 Å². The Hall–Kier alpha value is 0.620. The van der Waals surface area contributed by atoms with E-state index in [0.717, 1.165) is 12.8 Å². The van der Waals surface area contributed by atoms with Crippen LogP contribution in [-0.2, 0) is 4.57 Å². The molecule has 0 aromatic rings. The molecule has 0 saturated carbocycles. The van der Waals surface area contributed by atoms with Crippen molar-refractivity contribution in [1.29, 1.82) is 0 Å². The van der Waals surface area contributed by atoms with E-state index in [2.05, 4.69) is 6.92 Å². The minimum absolute atomic E-state index is 0. The smallest absolute Gasteiger partial charge is 0.189 e. The lowest BCUT2D eigenvalue weighted by atomic mass is 10.1. The summed E-state index contributed by atoms with van der Waals surface area (Å²) in [6, 6.07) is 0. The van der Waals surface area contributed by atoms with Gasteiger partial charge >= 0.3 is 0 Å². The van der Waals surface area contributed by atoms with Gasteiger partial charge in [0.2, 0.25) is 0 Å². The molecule has 0 aliphatic heterocycles. The third kappa shape index (κ3) is 13.2. The van der Waals surface area contributed by atoms with Crippen LogP contribution in [0.1, 0.15) is 45.4 Å². The van der Waals surface area contributed by atoms with Crippen molar-refractivity contribution in [3.8, 4) is 0 Å². The third-order valence-electron chi connectivity index (χ3n) is 1.74. The average Bonchev–Trinajstić information content (AvgIpc) is 1.96. The van der Waals surface area contributed by atoms with E-state index in [1.54, 1.807) is 0 Å². The fourth-order valence-electron chi connectivity index (χ4n) is 1.06. The summed E-state index contributed by atoms with van der Waals surface area (Å²) in [7, 11) is -2.18. The van der Waals surface area contributed by atoms with Crippen LogP contribution in [0.3, 0.4) is 0 Å². The largest absolute Gasteiger partial charge is 0.346 e.